The molecule has 0 aromatic heterocycles. The zero-order chi connectivity index (χ0) is 31.2. The minimum absolute atomic E-state index is 0.103. The van der Waals surface area contributed by atoms with Gasteiger partial charge in [-0.2, -0.15) is 0 Å². The molecule has 1 unspecified atom stereocenters. The molecule has 6 rings (SSSR count). The number of amides is 3. The standard InChI is InChI=1S/C38H41N3O4/c42-33(26-41-32(21-28-14-6-2-7-15-28)25-40(38(41)45)24-29-16-8-3-9-17-29)22-31(20-27-12-4-1-5-13-27)37(44)39-36-34-19-11-10-18-30(34)23-35(36)43/h1-19,31-33,35-36,42-43H,20-26H2,(H,39,44)/t31-,32-,33-,35+,36?/m0/s1. The van der Waals surface area contributed by atoms with Crippen molar-refractivity contribution in [2.45, 2.75) is 56.5 Å². The minimum Gasteiger partial charge on any atom is -0.391 e. The number of hydrogen-bond acceptors (Lipinski definition) is 4. The van der Waals surface area contributed by atoms with Crippen molar-refractivity contribution in [2.24, 2.45) is 5.92 Å². The molecule has 232 valence electrons. The van der Waals surface area contributed by atoms with Crippen molar-refractivity contribution in [3.05, 3.63) is 143 Å². The molecule has 4 aromatic rings. The third-order valence-electron chi connectivity index (χ3n) is 9.08. The molecule has 1 aliphatic carbocycles. The Morgan fingerprint density at radius 3 is 2.11 bits per heavy atom. The Hall–Kier alpha value is -4.46. The Kier molecular flexibility index (Phi) is 9.58. The van der Waals surface area contributed by atoms with Crippen LogP contribution in [0.5, 0.6) is 0 Å². The van der Waals surface area contributed by atoms with E-state index in [1.54, 1.807) is 4.90 Å². The van der Waals surface area contributed by atoms with Crippen LogP contribution in [0.1, 0.15) is 40.3 Å². The second kappa shape index (κ2) is 14.1. The molecule has 0 spiro atoms. The van der Waals surface area contributed by atoms with E-state index in [-0.39, 0.29) is 30.9 Å². The van der Waals surface area contributed by atoms with Gasteiger partial charge in [0.1, 0.15) is 0 Å². The maximum absolute atomic E-state index is 13.8. The highest BCUT2D eigenvalue weighted by molar-refractivity contribution is 5.80. The van der Waals surface area contributed by atoms with E-state index in [1.807, 2.05) is 108 Å². The number of benzene rings is 4. The van der Waals surface area contributed by atoms with Crippen molar-refractivity contribution < 1.29 is 19.8 Å². The van der Waals surface area contributed by atoms with Gasteiger partial charge < -0.3 is 25.3 Å². The van der Waals surface area contributed by atoms with Crippen LogP contribution >= 0.6 is 0 Å². The number of nitrogens with one attached hydrogen (secondary N) is 1. The fourth-order valence-corrected chi connectivity index (χ4v) is 6.82. The van der Waals surface area contributed by atoms with Crippen molar-refractivity contribution in [1.29, 1.82) is 0 Å². The number of aliphatic hydroxyl groups excluding tert-OH is 2. The van der Waals surface area contributed by atoms with Crippen LogP contribution in [0.4, 0.5) is 4.79 Å². The van der Waals surface area contributed by atoms with Gasteiger partial charge in [0.05, 0.1) is 24.3 Å². The van der Waals surface area contributed by atoms with E-state index in [4.69, 9.17) is 0 Å². The lowest BCUT2D eigenvalue weighted by Gasteiger charge is -2.28. The average molecular weight is 604 g/mol. The van der Waals surface area contributed by atoms with E-state index >= 15 is 0 Å². The lowest BCUT2D eigenvalue weighted by Crippen LogP contribution is -2.44. The summed E-state index contributed by atoms with van der Waals surface area (Å²) in [4.78, 5) is 31.2. The zero-order valence-electron chi connectivity index (χ0n) is 25.4. The van der Waals surface area contributed by atoms with Gasteiger partial charge in [0.25, 0.3) is 0 Å². The maximum atomic E-state index is 13.8. The van der Waals surface area contributed by atoms with Gasteiger partial charge >= 0.3 is 6.03 Å². The topological polar surface area (TPSA) is 93.1 Å². The summed E-state index contributed by atoms with van der Waals surface area (Å²) in [5, 5.41) is 25.4. The lowest BCUT2D eigenvalue weighted by molar-refractivity contribution is -0.127. The summed E-state index contributed by atoms with van der Waals surface area (Å²) in [6, 6.07) is 36.9. The van der Waals surface area contributed by atoms with Crippen LogP contribution in [0.25, 0.3) is 0 Å². The third-order valence-corrected chi connectivity index (χ3v) is 9.08. The molecule has 1 fully saturated rings. The van der Waals surface area contributed by atoms with Gasteiger partial charge in [-0.1, -0.05) is 115 Å². The molecule has 3 N–H and O–H groups in total. The second-order valence-corrected chi connectivity index (χ2v) is 12.4. The summed E-state index contributed by atoms with van der Waals surface area (Å²) >= 11 is 0. The first-order valence-electron chi connectivity index (χ1n) is 15.9. The monoisotopic (exact) mass is 603 g/mol. The lowest BCUT2D eigenvalue weighted by atomic mass is 9.91. The van der Waals surface area contributed by atoms with Gasteiger partial charge in [0, 0.05) is 32.0 Å². The molecule has 45 heavy (non-hydrogen) atoms. The maximum Gasteiger partial charge on any atom is 0.320 e. The number of fused-ring (bicyclic) bond motifs is 1. The molecule has 1 heterocycles. The molecule has 0 radical (unpaired) electrons. The summed E-state index contributed by atoms with van der Waals surface area (Å²) in [7, 11) is 0. The van der Waals surface area contributed by atoms with Crippen molar-refractivity contribution in [3.8, 4) is 0 Å². The first kappa shape index (κ1) is 30.6. The molecule has 4 aromatic carbocycles. The van der Waals surface area contributed by atoms with Gasteiger partial charge in [-0.05, 0) is 47.1 Å². The van der Waals surface area contributed by atoms with Gasteiger partial charge in [-0.15, -0.1) is 0 Å². The van der Waals surface area contributed by atoms with Gasteiger partial charge in [-0.3, -0.25) is 4.79 Å². The number of urea groups is 1. The van der Waals surface area contributed by atoms with Gasteiger partial charge in [0.15, 0.2) is 0 Å². The van der Waals surface area contributed by atoms with Crippen LogP contribution < -0.4 is 5.32 Å². The molecule has 5 atom stereocenters. The normalized spacial score (nSPS) is 20.6. The van der Waals surface area contributed by atoms with E-state index in [2.05, 4.69) is 17.4 Å². The van der Waals surface area contributed by atoms with E-state index in [1.165, 1.54) is 0 Å². The predicted molar refractivity (Wildman–Crippen MR) is 174 cm³/mol. The number of carbonyl (C=O) groups excluding carboxylic acids is 2. The van der Waals surface area contributed by atoms with E-state index in [9.17, 15) is 19.8 Å². The Balaban J connectivity index is 1.18. The summed E-state index contributed by atoms with van der Waals surface area (Å²) in [6.45, 7) is 1.19. The number of rotatable bonds is 12. The Morgan fingerprint density at radius 1 is 0.822 bits per heavy atom. The minimum atomic E-state index is -0.913. The molecule has 1 aliphatic heterocycles. The third kappa shape index (κ3) is 7.44. The second-order valence-electron chi connectivity index (χ2n) is 12.4. The summed E-state index contributed by atoms with van der Waals surface area (Å²) in [5.74, 6) is -0.758. The van der Waals surface area contributed by atoms with E-state index in [0.717, 1.165) is 27.8 Å². The van der Waals surface area contributed by atoms with Crippen LogP contribution in [-0.4, -0.2) is 63.3 Å². The molecular weight excluding hydrogens is 562 g/mol. The zero-order valence-corrected chi connectivity index (χ0v) is 25.4. The van der Waals surface area contributed by atoms with Crippen molar-refractivity contribution in [2.75, 3.05) is 13.1 Å². The summed E-state index contributed by atoms with van der Waals surface area (Å²) < 4.78 is 0. The molecule has 7 heteroatoms. The van der Waals surface area contributed by atoms with Crippen LogP contribution in [0.2, 0.25) is 0 Å². The van der Waals surface area contributed by atoms with E-state index < -0.39 is 24.2 Å². The Labute approximate surface area is 265 Å². The molecule has 7 nitrogen and oxygen atoms in total. The van der Waals surface area contributed by atoms with Crippen LogP contribution in [0.3, 0.4) is 0 Å². The number of nitrogens with zero attached hydrogens (tertiary/aromatic N) is 2. The summed E-state index contributed by atoms with van der Waals surface area (Å²) in [6.07, 6.45) is 0.181. The highest BCUT2D eigenvalue weighted by Crippen LogP contribution is 2.32. The molecule has 0 saturated carbocycles. The van der Waals surface area contributed by atoms with Crippen LogP contribution in [0, 0.1) is 5.92 Å². The number of aliphatic hydroxyl groups is 2. The Bertz CT molecular complexity index is 1570. The molecule has 1 saturated heterocycles. The predicted octanol–water partition coefficient (Wildman–Crippen LogP) is 4.92. The van der Waals surface area contributed by atoms with Gasteiger partial charge in [-0.25, -0.2) is 4.79 Å². The highest BCUT2D eigenvalue weighted by atomic mass is 16.3. The first-order valence-corrected chi connectivity index (χ1v) is 15.9. The van der Waals surface area contributed by atoms with E-state index in [0.29, 0.717) is 32.4 Å². The van der Waals surface area contributed by atoms with Gasteiger partial charge in [0.2, 0.25) is 5.91 Å². The largest absolute Gasteiger partial charge is 0.391 e. The smallest absolute Gasteiger partial charge is 0.320 e. The number of carbonyl (C=O) groups is 2. The summed E-state index contributed by atoms with van der Waals surface area (Å²) in [5.41, 5.74) is 5.15. The Morgan fingerprint density at radius 2 is 1.42 bits per heavy atom. The number of β-amino-alcohol motifs (C(OH)–C–C–N with tert-alkyl or cyclic N) is 1. The van der Waals surface area contributed by atoms with Crippen molar-refractivity contribution in [3.63, 3.8) is 0 Å². The molecular formula is C38H41N3O4. The van der Waals surface area contributed by atoms with Crippen molar-refractivity contribution in [1.82, 2.24) is 15.1 Å². The molecule has 2 aliphatic rings. The molecule has 3 amide bonds. The fraction of sp³-hybridized carbons (Fsp3) is 0.316. The molecule has 0 bridgehead atoms. The fourth-order valence-electron chi connectivity index (χ4n) is 6.82. The van der Waals surface area contributed by atoms with Crippen LogP contribution in [0.15, 0.2) is 115 Å². The highest BCUT2D eigenvalue weighted by Gasteiger charge is 2.39. The van der Waals surface area contributed by atoms with Crippen LogP contribution in [-0.2, 0) is 30.6 Å². The first-order chi connectivity index (χ1) is 21.9. The number of hydrogen-bond donors (Lipinski definition) is 3. The SMILES string of the molecule is O=C(NC1c2ccccc2C[C@H]1O)[C@@H](Cc1ccccc1)C[C@H](O)CN1C(=O)N(Cc2ccccc2)C[C@@H]1Cc1ccccc1. The average Bonchev–Trinajstić information content (AvgIpc) is 3.52. The van der Waals surface area contributed by atoms with Crippen molar-refractivity contribution >= 4 is 11.9 Å². The quantitative estimate of drug-likeness (QED) is 0.214.